The molecule has 0 radical (unpaired) electrons. The number of hydrogen-bond donors (Lipinski definition) is 2. The molecule has 3 aromatic rings. The molecule has 2 N–H and O–H groups in total. The van der Waals surface area contributed by atoms with Gasteiger partial charge in [-0.15, -0.1) is 0 Å². The highest BCUT2D eigenvalue weighted by atomic mass is 19.1. The second-order valence-electron chi connectivity index (χ2n) is 6.71. The number of hydrogen-bond acceptors (Lipinski definition) is 4. The molecule has 0 amide bonds. The lowest BCUT2D eigenvalue weighted by Gasteiger charge is -2.12. The fraction of sp³-hybridized carbons (Fsp3) is 0.227. The van der Waals surface area contributed by atoms with Gasteiger partial charge < -0.3 is 15.0 Å². The van der Waals surface area contributed by atoms with Gasteiger partial charge in [0.05, 0.1) is 29.7 Å². The third-order valence-corrected chi connectivity index (χ3v) is 4.40. The van der Waals surface area contributed by atoms with E-state index in [-0.39, 0.29) is 11.4 Å². The standard InChI is InChI=1S/C22H23FN4O2/c1-3-4-20-12-25-21(27(20)14-16-5-7-18(23)8-6-16)13-24-11-19-10-17(22(28)29)9-15(2)26-19/h3-10,12,24H,11,13-14H2,1-2H3,(H,28,29)/b4-3+. The quantitative estimate of drug-likeness (QED) is 0.608. The zero-order valence-electron chi connectivity index (χ0n) is 16.4. The van der Waals surface area contributed by atoms with Gasteiger partial charge in [0.25, 0.3) is 0 Å². The molecule has 29 heavy (non-hydrogen) atoms. The first-order valence-electron chi connectivity index (χ1n) is 9.29. The molecular formula is C22H23FN4O2. The van der Waals surface area contributed by atoms with Crippen LogP contribution in [0.4, 0.5) is 4.39 Å². The number of aryl methyl sites for hydroxylation is 1. The summed E-state index contributed by atoms with van der Waals surface area (Å²) in [4.78, 5) is 20.1. The number of carbonyl (C=O) groups is 1. The Morgan fingerprint density at radius 3 is 2.69 bits per heavy atom. The molecule has 0 fully saturated rings. The minimum absolute atomic E-state index is 0.225. The Hall–Kier alpha value is -3.32. The van der Waals surface area contributed by atoms with E-state index in [4.69, 9.17) is 0 Å². The number of carboxylic acid groups (broad SMARTS) is 1. The minimum atomic E-state index is -0.970. The minimum Gasteiger partial charge on any atom is -0.478 e. The molecule has 0 unspecified atom stereocenters. The van der Waals surface area contributed by atoms with Crippen LogP contribution in [0.3, 0.4) is 0 Å². The van der Waals surface area contributed by atoms with Gasteiger partial charge >= 0.3 is 5.97 Å². The van der Waals surface area contributed by atoms with Crippen LogP contribution in [0, 0.1) is 12.7 Å². The Balaban J connectivity index is 1.74. The average Bonchev–Trinajstić information content (AvgIpc) is 3.05. The topological polar surface area (TPSA) is 80.0 Å². The number of nitrogens with zero attached hydrogens (tertiary/aromatic N) is 3. The van der Waals surface area contributed by atoms with E-state index in [0.29, 0.717) is 31.0 Å². The Kier molecular flexibility index (Phi) is 6.51. The van der Waals surface area contributed by atoms with E-state index in [9.17, 15) is 14.3 Å². The number of benzene rings is 1. The number of nitrogens with one attached hydrogen (secondary N) is 1. The van der Waals surface area contributed by atoms with Crippen LogP contribution in [0.5, 0.6) is 0 Å². The van der Waals surface area contributed by atoms with Crippen molar-refractivity contribution in [1.29, 1.82) is 0 Å². The normalized spacial score (nSPS) is 11.3. The predicted molar refractivity (Wildman–Crippen MR) is 109 cm³/mol. The molecule has 0 aliphatic rings. The molecule has 0 saturated carbocycles. The number of pyridine rings is 1. The van der Waals surface area contributed by atoms with E-state index >= 15 is 0 Å². The Morgan fingerprint density at radius 1 is 1.24 bits per heavy atom. The van der Waals surface area contributed by atoms with Crippen LogP contribution in [0.15, 0.2) is 48.7 Å². The predicted octanol–water partition coefficient (Wildman–Crippen LogP) is 3.80. The molecule has 1 aromatic carbocycles. The summed E-state index contributed by atoms with van der Waals surface area (Å²) in [7, 11) is 0. The first-order chi connectivity index (χ1) is 14.0. The molecule has 0 atom stereocenters. The fourth-order valence-corrected chi connectivity index (χ4v) is 3.08. The van der Waals surface area contributed by atoms with Crippen molar-refractivity contribution >= 4 is 12.0 Å². The van der Waals surface area contributed by atoms with E-state index in [1.807, 2.05) is 19.1 Å². The van der Waals surface area contributed by atoms with Crippen LogP contribution in [-0.2, 0) is 19.6 Å². The van der Waals surface area contributed by atoms with Gasteiger partial charge in [-0.2, -0.15) is 0 Å². The van der Waals surface area contributed by atoms with Gasteiger partial charge in [0.15, 0.2) is 0 Å². The van der Waals surface area contributed by atoms with Crippen LogP contribution < -0.4 is 5.32 Å². The van der Waals surface area contributed by atoms with Gasteiger partial charge in [0.2, 0.25) is 0 Å². The smallest absolute Gasteiger partial charge is 0.335 e. The first kappa shape index (κ1) is 20.4. The number of imidazole rings is 1. The van der Waals surface area contributed by atoms with Crippen molar-refractivity contribution in [3.8, 4) is 0 Å². The fourth-order valence-electron chi connectivity index (χ4n) is 3.08. The van der Waals surface area contributed by atoms with Gasteiger partial charge in [-0.25, -0.2) is 14.2 Å². The van der Waals surface area contributed by atoms with Crippen molar-refractivity contribution in [2.45, 2.75) is 33.5 Å². The van der Waals surface area contributed by atoms with Gasteiger partial charge in [-0.05, 0) is 49.8 Å². The van der Waals surface area contributed by atoms with E-state index in [1.54, 1.807) is 37.4 Å². The zero-order valence-corrected chi connectivity index (χ0v) is 16.4. The monoisotopic (exact) mass is 394 g/mol. The van der Waals surface area contributed by atoms with Crippen molar-refractivity contribution in [1.82, 2.24) is 19.9 Å². The lowest BCUT2D eigenvalue weighted by Crippen LogP contribution is -2.19. The SMILES string of the molecule is C/C=C/c1cnc(CNCc2cc(C(=O)O)cc(C)n2)n1Cc1ccc(F)cc1. The molecule has 0 spiro atoms. The largest absolute Gasteiger partial charge is 0.478 e. The summed E-state index contributed by atoms with van der Waals surface area (Å²) in [5.41, 5.74) is 3.48. The first-order valence-corrected chi connectivity index (χ1v) is 9.29. The summed E-state index contributed by atoms with van der Waals surface area (Å²) in [5, 5.41) is 12.5. The number of aromatic carboxylic acids is 1. The summed E-state index contributed by atoms with van der Waals surface area (Å²) >= 11 is 0. The van der Waals surface area contributed by atoms with Crippen molar-refractivity contribution < 1.29 is 14.3 Å². The lowest BCUT2D eigenvalue weighted by atomic mass is 10.2. The van der Waals surface area contributed by atoms with E-state index in [1.165, 1.54) is 12.1 Å². The summed E-state index contributed by atoms with van der Waals surface area (Å²) in [6.45, 7) is 5.19. The number of rotatable bonds is 8. The maximum Gasteiger partial charge on any atom is 0.335 e. The third kappa shape index (κ3) is 5.36. The van der Waals surface area contributed by atoms with Crippen LogP contribution in [0.1, 0.15) is 45.8 Å². The van der Waals surface area contributed by atoms with Crippen LogP contribution in [-0.4, -0.2) is 25.6 Å². The summed E-state index contributed by atoms with van der Waals surface area (Å²) in [5.74, 6) is -0.405. The molecule has 0 aliphatic carbocycles. The summed E-state index contributed by atoms with van der Waals surface area (Å²) in [6, 6.07) is 9.53. The Labute approximate surface area is 168 Å². The van der Waals surface area contributed by atoms with Gasteiger partial charge in [0.1, 0.15) is 11.6 Å². The Bertz CT molecular complexity index is 1030. The number of allylic oxidation sites excluding steroid dienone is 1. The van der Waals surface area contributed by atoms with Crippen LogP contribution >= 0.6 is 0 Å². The van der Waals surface area contributed by atoms with Crippen LogP contribution in [0.2, 0.25) is 0 Å². The molecule has 2 heterocycles. The molecule has 0 aliphatic heterocycles. The third-order valence-electron chi connectivity index (χ3n) is 4.40. The second-order valence-corrected chi connectivity index (χ2v) is 6.71. The number of halogens is 1. The molecule has 150 valence electrons. The summed E-state index contributed by atoms with van der Waals surface area (Å²) < 4.78 is 15.3. The highest BCUT2D eigenvalue weighted by Gasteiger charge is 2.10. The highest BCUT2D eigenvalue weighted by Crippen LogP contribution is 2.13. The lowest BCUT2D eigenvalue weighted by molar-refractivity contribution is 0.0696. The van der Waals surface area contributed by atoms with Crippen molar-refractivity contribution in [2.24, 2.45) is 0 Å². The zero-order chi connectivity index (χ0) is 20.8. The van der Waals surface area contributed by atoms with E-state index < -0.39 is 5.97 Å². The molecular weight excluding hydrogens is 371 g/mol. The second kappa shape index (κ2) is 9.25. The van der Waals surface area contributed by atoms with Crippen molar-refractivity contribution in [3.05, 3.63) is 88.5 Å². The van der Waals surface area contributed by atoms with Crippen molar-refractivity contribution in [3.63, 3.8) is 0 Å². The van der Waals surface area contributed by atoms with Gasteiger partial charge in [-0.1, -0.05) is 18.2 Å². The Morgan fingerprint density at radius 2 is 2.00 bits per heavy atom. The molecule has 2 aromatic heterocycles. The van der Waals surface area contributed by atoms with Gasteiger partial charge in [0, 0.05) is 18.8 Å². The van der Waals surface area contributed by atoms with Crippen molar-refractivity contribution in [2.75, 3.05) is 0 Å². The summed E-state index contributed by atoms with van der Waals surface area (Å²) in [6.07, 6.45) is 5.72. The molecule has 7 heteroatoms. The maximum absolute atomic E-state index is 13.2. The van der Waals surface area contributed by atoms with Gasteiger partial charge in [-0.3, -0.25) is 4.98 Å². The highest BCUT2D eigenvalue weighted by molar-refractivity contribution is 5.87. The average molecular weight is 394 g/mol. The molecule has 0 bridgehead atoms. The number of aromatic nitrogens is 3. The molecule has 0 saturated heterocycles. The van der Waals surface area contributed by atoms with E-state index in [2.05, 4.69) is 19.9 Å². The molecule has 6 nitrogen and oxygen atoms in total. The molecule has 3 rings (SSSR count). The van der Waals surface area contributed by atoms with E-state index in [0.717, 1.165) is 17.1 Å². The maximum atomic E-state index is 13.2. The van der Waals surface area contributed by atoms with Crippen LogP contribution in [0.25, 0.3) is 6.08 Å². The number of carboxylic acids is 1.